The largest absolute Gasteiger partial charge is 0.354 e. The fourth-order valence-electron chi connectivity index (χ4n) is 2.08. The van der Waals surface area contributed by atoms with Gasteiger partial charge in [0.25, 0.3) is 0 Å². The highest BCUT2D eigenvalue weighted by atomic mass is 15.3. The zero-order valence-corrected chi connectivity index (χ0v) is 11.3. The van der Waals surface area contributed by atoms with Crippen molar-refractivity contribution in [2.75, 3.05) is 13.1 Å². The van der Waals surface area contributed by atoms with Crippen LogP contribution in [0.3, 0.4) is 0 Å². The molecule has 0 radical (unpaired) electrons. The molecule has 94 valence electrons. The fourth-order valence-corrected chi connectivity index (χ4v) is 2.08. The van der Waals surface area contributed by atoms with Crippen molar-refractivity contribution in [3.05, 3.63) is 29.8 Å². The smallest absolute Gasteiger partial charge is 0.129 e. The van der Waals surface area contributed by atoms with Crippen LogP contribution >= 0.6 is 0 Å². The van der Waals surface area contributed by atoms with E-state index in [0.29, 0.717) is 12.1 Å². The van der Waals surface area contributed by atoms with E-state index >= 15 is 0 Å². The summed E-state index contributed by atoms with van der Waals surface area (Å²) in [6.07, 6.45) is 7.57. The summed E-state index contributed by atoms with van der Waals surface area (Å²) in [6, 6.07) is 1.04. The topological polar surface area (TPSA) is 27.6 Å². The molecular formula is C14H23N3. The van der Waals surface area contributed by atoms with Gasteiger partial charge >= 0.3 is 0 Å². The molecule has 0 aliphatic carbocycles. The van der Waals surface area contributed by atoms with Gasteiger partial charge in [-0.25, -0.2) is 4.99 Å². The van der Waals surface area contributed by atoms with Gasteiger partial charge in [0, 0.05) is 31.4 Å². The van der Waals surface area contributed by atoms with Gasteiger partial charge in [-0.05, 0) is 32.1 Å². The van der Waals surface area contributed by atoms with E-state index in [1.807, 2.05) is 32.1 Å². The van der Waals surface area contributed by atoms with Gasteiger partial charge in [-0.3, -0.25) is 0 Å². The third-order valence-electron chi connectivity index (χ3n) is 2.59. The number of hydrogen-bond acceptors (Lipinski definition) is 3. The Morgan fingerprint density at radius 2 is 1.88 bits per heavy atom. The molecule has 2 unspecified atom stereocenters. The summed E-state index contributed by atoms with van der Waals surface area (Å²) in [5, 5.41) is 3.51. The Labute approximate surface area is 105 Å². The minimum atomic E-state index is 0.519. The van der Waals surface area contributed by atoms with Crippen molar-refractivity contribution in [3.8, 4) is 0 Å². The van der Waals surface area contributed by atoms with Crippen LogP contribution < -0.4 is 5.32 Å². The summed E-state index contributed by atoms with van der Waals surface area (Å²) in [5.41, 5.74) is 3.02. The number of allylic oxidation sites excluding steroid dienone is 2. The van der Waals surface area contributed by atoms with Crippen LogP contribution in [0.25, 0.3) is 0 Å². The second-order valence-electron chi connectivity index (χ2n) is 4.18. The number of hydrogen-bond donors (Lipinski definition) is 1. The van der Waals surface area contributed by atoms with Gasteiger partial charge in [-0.2, -0.15) is 0 Å². The first-order chi connectivity index (χ1) is 8.25. The summed E-state index contributed by atoms with van der Waals surface area (Å²) in [5.74, 6) is 1.04. The summed E-state index contributed by atoms with van der Waals surface area (Å²) in [6.45, 7) is 10.4. The molecule has 0 aromatic rings. The molecule has 0 amide bonds. The molecule has 2 aliphatic rings. The van der Waals surface area contributed by atoms with E-state index in [9.17, 15) is 0 Å². The van der Waals surface area contributed by atoms with E-state index in [-0.39, 0.29) is 0 Å². The molecule has 3 nitrogen and oxygen atoms in total. The third kappa shape index (κ3) is 4.22. The Kier molecular flexibility index (Phi) is 5.75. The lowest BCUT2D eigenvalue weighted by Gasteiger charge is -2.37. The second-order valence-corrected chi connectivity index (χ2v) is 4.18. The summed E-state index contributed by atoms with van der Waals surface area (Å²) >= 11 is 0. The molecule has 17 heavy (non-hydrogen) atoms. The van der Waals surface area contributed by atoms with Gasteiger partial charge in [0.15, 0.2) is 0 Å². The first kappa shape index (κ1) is 13.8. The quantitative estimate of drug-likeness (QED) is 0.704. The zero-order chi connectivity index (χ0) is 12.7. The molecule has 1 N–H and O–H groups in total. The Bertz CT molecular complexity index is 338. The van der Waals surface area contributed by atoms with E-state index in [1.165, 1.54) is 0 Å². The number of nitrogens with zero attached hydrogens (tertiary/aromatic N) is 2. The SMILES string of the molecule is CC.CC1CN(C2=CC=C=CC=N2)CC(C)N1. The normalized spacial score (nSPS) is 27.1. The van der Waals surface area contributed by atoms with Crippen molar-refractivity contribution in [1.29, 1.82) is 0 Å². The maximum absolute atomic E-state index is 4.40. The average molecular weight is 233 g/mol. The number of piperazine rings is 1. The van der Waals surface area contributed by atoms with E-state index in [0.717, 1.165) is 18.9 Å². The Morgan fingerprint density at radius 1 is 1.24 bits per heavy atom. The van der Waals surface area contributed by atoms with Crippen molar-refractivity contribution < 1.29 is 0 Å². The van der Waals surface area contributed by atoms with Crippen LogP contribution in [0.1, 0.15) is 27.7 Å². The Morgan fingerprint density at radius 3 is 2.53 bits per heavy atom. The molecule has 0 aromatic heterocycles. The Hall–Kier alpha value is -1.31. The van der Waals surface area contributed by atoms with Crippen LogP contribution in [-0.4, -0.2) is 36.3 Å². The predicted molar refractivity (Wildman–Crippen MR) is 74.2 cm³/mol. The lowest BCUT2D eigenvalue weighted by atomic mass is 10.1. The molecule has 0 aromatic carbocycles. The lowest BCUT2D eigenvalue weighted by molar-refractivity contribution is 0.214. The minimum absolute atomic E-state index is 0.519. The van der Waals surface area contributed by atoms with Gasteiger partial charge in [0.2, 0.25) is 0 Å². The van der Waals surface area contributed by atoms with Crippen molar-refractivity contribution in [2.45, 2.75) is 39.8 Å². The van der Waals surface area contributed by atoms with E-state index < -0.39 is 0 Å². The van der Waals surface area contributed by atoms with Crippen LogP contribution in [0.15, 0.2) is 34.8 Å². The van der Waals surface area contributed by atoms with Gasteiger partial charge in [0.05, 0.1) is 0 Å². The van der Waals surface area contributed by atoms with Gasteiger partial charge < -0.3 is 10.2 Å². The zero-order valence-electron chi connectivity index (χ0n) is 11.3. The predicted octanol–water partition coefficient (Wildman–Crippen LogP) is 2.33. The molecule has 1 saturated heterocycles. The van der Waals surface area contributed by atoms with Crippen LogP contribution in [0, 0.1) is 0 Å². The van der Waals surface area contributed by atoms with Gasteiger partial charge in [0.1, 0.15) is 5.82 Å². The monoisotopic (exact) mass is 233 g/mol. The van der Waals surface area contributed by atoms with Crippen molar-refractivity contribution in [2.24, 2.45) is 4.99 Å². The molecule has 2 rings (SSSR count). The molecular weight excluding hydrogens is 210 g/mol. The number of nitrogens with one attached hydrogen (secondary N) is 1. The number of aliphatic imine (C=N–C) groups is 1. The fraction of sp³-hybridized carbons (Fsp3) is 0.571. The highest BCUT2D eigenvalue weighted by molar-refractivity contribution is 5.72. The lowest BCUT2D eigenvalue weighted by Crippen LogP contribution is -2.53. The molecule has 3 heteroatoms. The van der Waals surface area contributed by atoms with Crippen LogP contribution in [0.4, 0.5) is 0 Å². The van der Waals surface area contributed by atoms with E-state index in [1.54, 1.807) is 6.21 Å². The second kappa shape index (κ2) is 7.10. The molecule has 0 spiro atoms. The molecule has 1 fully saturated rings. The maximum atomic E-state index is 4.40. The highest BCUT2D eigenvalue weighted by Crippen LogP contribution is 2.13. The summed E-state index contributed by atoms with van der Waals surface area (Å²) in [4.78, 5) is 6.72. The number of rotatable bonds is 1. The van der Waals surface area contributed by atoms with E-state index in [4.69, 9.17) is 0 Å². The van der Waals surface area contributed by atoms with Crippen molar-refractivity contribution in [3.63, 3.8) is 0 Å². The van der Waals surface area contributed by atoms with E-state index in [2.05, 4.69) is 34.8 Å². The van der Waals surface area contributed by atoms with Crippen molar-refractivity contribution >= 4 is 6.21 Å². The standard InChI is InChI=1S/C12H17N3.C2H6/c1-10-8-15(9-11(2)14-10)12-6-4-3-5-7-13-12;1-2/h4-7,10-11,14H,8-9H2,1-2H3;1-2H3. The molecule has 0 saturated carbocycles. The summed E-state index contributed by atoms with van der Waals surface area (Å²) < 4.78 is 0. The molecule has 2 atom stereocenters. The summed E-state index contributed by atoms with van der Waals surface area (Å²) in [7, 11) is 0. The average Bonchev–Trinajstić information content (AvgIpc) is 2.59. The molecule has 2 heterocycles. The third-order valence-corrected chi connectivity index (χ3v) is 2.59. The van der Waals surface area contributed by atoms with Gasteiger partial charge in [-0.1, -0.05) is 13.8 Å². The molecule has 0 bridgehead atoms. The maximum Gasteiger partial charge on any atom is 0.129 e. The van der Waals surface area contributed by atoms with Crippen LogP contribution in [0.5, 0.6) is 0 Å². The van der Waals surface area contributed by atoms with Crippen LogP contribution in [0.2, 0.25) is 0 Å². The van der Waals surface area contributed by atoms with Gasteiger partial charge in [-0.15, -0.1) is 5.73 Å². The van der Waals surface area contributed by atoms with Crippen molar-refractivity contribution in [1.82, 2.24) is 10.2 Å². The van der Waals surface area contributed by atoms with Crippen LogP contribution in [-0.2, 0) is 0 Å². The highest BCUT2D eigenvalue weighted by Gasteiger charge is 2.21. The molecule has 2 aliphatic heterocycles. The minimum Gasteiger partial charge on any atom is -0.354 e. The Balaban J connectivity index is 0.000000686. The first-order valence-electron chi connectivity index (χ1n) is 6.42. The first-order valence-corrected chi connectivity index (χ1v) is 6.42.